The second-order valence-corrected chi connectivity index (χ2v) is 13.3. The summed E-state index contributed by atoms with van der Waals surface area (Å²) in [5.41, 5.74) is 5.54. The Morgan fingerprint density at radius 2 is 0.913 bits per heavy atom. The topological polar surface area (TPSA) is 87.1 Å². The van der Waals surface area contributed by atoms with Gasteiger partial charge in [0.05, 0.1) is 11.4 Å². The second kappa shape index (κ2) is 11.5. The molecule has 4 aromatic carbocycles. The molecule has 1 aliphatic heterocycles. The molecule has 0 amide bonds. The standard InChI is InChI=1S/C38H25N4O3P/c43-46(38-41-20-7-21-42-38)36-24-30(44-28-10-5-8-26(22-28)34-12-1-3-18-39-34)14-16-32(36)33-17-15-31(25-37(33)46)45-29-11-6-9-27(23-29)35-13-2-4-19-40-35/h1-25H. The van der Waals surface area contributed by atoms with Crippen molar-refractivity contribution < 1.29 is 14.0 Å². The number of hydrogen-bond donors (Lipinski definition) is 0. The van der Waals surface area contributed by atoms with Gasteiger partial charge in [0.1, 0.15) is 23.0 Å². The van der Waals surface area contributed by atoms with Crippen LogP contribution in [-0.4, -0.2) is 19.9 Å². The molecule has 46 heavy (non-hydrogen) atoms. The zero-order valence-corrected chi connectivity index (χ0v) is 25.3. The summed E-state index contributed by atoms with van der Waals surface area (Å²) >= 11 is 0. The Labute approximate surface area is 265 Å². The summed E-state index contributed by atoms with van der Waals surface area (Å²) < 4.78 is 27.9. The van der Waals surface area contributed by atoms with E-state index < -0.39 is 7.14 Å². The van der Waals surface area contributed by atoms with Crippen molar-refractivity contribution in [3.05, 3.63) is 152 Å². The number of pyridine rings is 2. The Bertz CT molecular complexity index is 2110. The fourth-order valence-corrected chi connectivity index (χ4v) is 8.54. The Morgan fingerprint density at radius 1 is 0.435 bits per heavy atom. The highest BCUT2D eigenvalue weighted by molar-refractivity contribution is 7.86. The fraction of sp³-hybridized carbons (Fsp3) is 0. The molecule has 0 spiro atoms. The number of ether oxygens (including phenoxy) is 2. The van der Waals surface area contributed by atoms with Crippen molar-refractivity contribution in [1.29, 1.82) is 0 Å². The molecule has 0 fully saturated rings. The van der Waals surface area contributed by atoms with E-state index in [0.29, 0.717) is 33.6 Å². The van der Waals surface area contributed by atoms with Gasteiger partial charge in [0.15, 0.2) is 5.57 Å². The van der Waals surface area contributed by atoms with Crippen LogP contribution >= 0.6 is 7.14 Å². The van der Waals surface area contributed by atoms with Gasteiger partial charge in [-0.2, -0.15) is 0 Å². The van der Waals surface area contributed by atoms with Crippen LogP contribution in [0.25, 0.3) is 33.6 Å². The smallest absolute Gasteiger partial charge is 0.208 e. The second-order valence-electron chi connectivity index (χ2n) is 10.7. The maximum atomic E-state index is 15.3. The van der Waals surface area contributed by atoms with Crippen LogP contribution in [0.5, 0.6) is 23.0 Å². The molecule has 4 heterocycles. The molecule has 0 aliphatic carbocycles. The van der Waals surface area contributed by atoms with E-state index in [-0.39, 0.29) is 5.57 Å². The summed E-state index contributed by atoms with van der Waals surface area (Å²) in [6.07, 6.45) is 6.76. The van der Waals surface area contributed by atoms with Crippen LogP contribution in [0.4, 0.5) is 0 Å². The largest absolute Gasteiger partial charge is 0.457 e. The van der Waals surface area contributed by atoms with Crippen LogP contribution in [-0.2, 0) is 4.57 Å². The molecule has 0 N–H and O–H groups in total. The van der Waals surface area contributed by atoms with Crippen LogP contribution in [0.1, 0.15) is 0 Å². The Morgan fingerprint density at radius 3 is 1.39 bits per heavy atom. The molecule has 0 saturated carbocycles. The Hall–Kier alpha value is -5.91. The van der Waals surface area contributed by atoms with Gasteiger partial charge in [-0.3, -0.25) is 9.97 Å². The molecule has 1 aliphatic rings. The van der Waals surface area contributed by atoms with Crippen molar-refractivity contribution in [1.82, 2.24) is 19.9 Å². The number of fused-ring (bicyclic) bond motifs is 3. The highest BCUT2D eigenvalue weighted by Crippen LogP contribution is 2.53. The molecule has 7 nitrogen and oxygen atoms in total. The van der Waals surface area contributed by atoms with E-state index in [1.54, 1.807) is 30.9 Å². The van der Waals surface area contributed by atoms with Crippen molar-refractivity contribution in [3.63, 3.8) is 0 Å². The summed E-state index contributed by atoms with van der Waals surface area (Å²) in [4.78, 5) is 17.9. The summed E-state index contributed by atoms with van der Waals surface area (Å²) in [6.45, 7) is 0. The third-order valence-corrected chi connectivity index (χ3v) is 10.7. The average Bonchev–Trinajstić information content (AvgIpc) is 3.37. The molecule has 8 rings (SSSR count). The quantitative estimate of drug-likeness (QED) is 0.169. The van der Waals surface area contributed by atoms with Crippen molar-refractivity contribution in [2.75, 3.05) is 0 Å². The van der Waals surface area contributed by atoms with Crippen LogP contribution in [0.2, 0.25) is 0 Å². The molecule has 7 aromatic rings. The van der Waals surface area contributed by atoms with Crippen molar-refractivity contribution in [3.8, 4) is 56.6 Å². The summed E-state index contributed by atoms with van der Waals surface area (Å²) in [5.74, 6) is 2.41. The predicted octanol–water partition coefficient (Wildman–Crippen LogP) is 7.81. The van der Waals surface area contributed by atoms with Crippen LogP contribution in [0.3, 0.4) is 0 Å². The predicted molar refractivity (Wildman–Crippen MR) is 180 cm³/mol. The molecule has 0 unspecified atom stereocenters. The average molecular weight is 617 g/mol. The summed E-state index contributed by atoms with van der Waals surface area (Å²) in [6, 6.07) is 40.2. The highest BCUT2D eigenvalue weighted by atomic mass is 31.2. The van der Waals surface area contributed by atoms with Crippen molar-refractivity contribution in [2.45, 2.75) is 0 Å². The van der Waals surface area contributed by atoms with Gasteiger partial charge in [-0.1, -0.05) is 36.4 Å². The maximum Gasteiger partial charge on any atom is 0.208 e. The molecule has 0 bridgehead atoms. The van der Waals surface area contributed by atoms with Gasteiger partial charge in [-0.25, -0.2) is 9.97 Å². The van der Waals surface area contributed by atoms with Gasteiger partial charge >= 0.3 is 0 Å². The van der Waals surface area contributed by atoms with E-state index in [2.05, 4.69) is 19.9 Å². The molecular weight excluding hydrogens is 591 g/mol. The van der Waals surface area contributed by atoms with Gasteiger partial charge in [-0.05, 0) is 102 Å². The first-order chi connectivity index (χ1) is 22.6. The lowest BCUT2D eigenvalue weighted by molar-refractivity contribution is 0.483. The van der Waals surface area contributed by atoms with Gasteiger partial charge in [0.2, 0.25) is 7.14 Å². The minimum absolute atomic E-state index is 0.263. The van der Waals surface area contributed by atoms with Gasteiger partial charge in [0, 0.05) is 46.5 Å². The zero-order chi connectivity index (χ0) is 30.9. The molecule has 8 heteroatoms. The molecule has 220 valence electrons. The van der Waals surface area contributed by atoms with Crippen molar-refractivity contribution in [2.24, 2.45) is 0 Å². The highest BCUT2D eigenvalue weighted by Gasteiger charge is 2.43. The normalized spacial score (nSPS) is 12.6. The van der Waals surface area contributed by atoms with E-state index in [9.17, 15) is 0 Å². The third kappa shape index (κ3) is 5.03. The van der Waals surface area contributed by atoms with E-state index in [0.717, 1.165) is 33.6 Å². The third-order valence-electron chi connectivity index (χ3n) is 7.80. The van der Waals surface area contributed by atoms with E-state index in [1.807, 2.05) is 121 Å². The minimum atomic E-state index is -3.48. The SMILES string of the molecule is O=P1(c2ncccn2)c2cc(Oc3cccc(-c4ccccn4)c3)ccc2-c2ccc(Oc3cccc(-c4ccccn4)c3)cc21. The number of benzene rings is 4. The summed E-state index contributed by atoms with van der Waals surface area (Å²) in [5, 5.41) is 1.25. The maximum absolute atomic E-state index is 15.3. The fourth-order valence-electron chi connectivity index (χ4n) is 5.70. The number of hydrogen-bond acceptors (Lipinski definition) is 7. The van der Waals surface area contributed by atoms with Crippen LogP contribution < -0.4 is 25.6 Å². The lowest BCUT2D eigenvalue weighted by Gasteiger charge is -2.15. The zero-order valence-electron chi connectivity index (χ0n) is 24.4. The number of rotatable bonds is 7. The van der Waals surface area contributed by atoms with Crippen LogP contribution in [0, 0.1) is 0 Å². The molecule has 0 saturated heterocycles. The first-order valence-electron chi connectivity index (χ1n) is 14.7. The number of aromatic nitrogens is 4. The Kier molecular flexibility index (Phi) is 6.93. The number of nitrogens with zero attached hydrogens (tertiary/aromatic N) is 4. The monoisotopic (exact) mass is 616 g/mol. The summed E-state index contributed by atoms with van der Waals surface area (Å²) in [7, 11) is -3.48. The van der Waals surface area contributed by atoms with Gasteiger partial charge in [-0.15, -0.1) is 0 Å². The van der Waals surface area contributed by atoms with E-state index in [4.69, 9.17) is 9.47 Å². The Balaban J connectivity index is 1.16. The molecular formula is C38H25N4O3P. The van der Waals surface area contributed by atoms with Crippen molar-refractivity contribution >= 4 is 23.3 Å². The lowest BCUT2D eigenvalue weighted by atomic mass is 10.1. The van der Waals surface area contributed by atoms with Gasteiger partial charge in [0.25, 0.3) is 0 Å². The molecule has 3 aromatic heterocycles. The first-order valence-corrected chi connectivity index (χ1v) is 16.4. The van der Waals surface area contributed by atoms with E-state index in [1.165, 1.54) is 0 Å². The first kappa shape index (κ1) is 27.6. The van der Waals surface area contributed by atoms with E-state index >= 15 is 4.57 Å². The lowest BCUT2D eigenvalue weighted by Crippen LogP contribution is -2.25. The minimum Gasteiger partial charge on any atom is -0.457 e. The molecule has 0 radical (unpaired) electrons. The van der Waals surface area contributed by atoms with Gasteiger partial charge < -0.3 is 14.0 Å². The molecule has 0 atom stereocenters. The van der Waals surface area contributed by atoms with Crippen LogP contribution in [0.15, 0.2) is 152 Å².